The van der Waals surface area contributed by atoms with Crippen LogP contribution in [0.2, 0.25) is 0 Å². The second kappa shape index (κ2) is 3.86. The molecule has 1 aliphatic rings. The first-order chi connectivity index (χ1) is 6.59. The lowest BCUT2D eigenvalue weighted by Crippen LogP contribution is -2.18. The monoisotopic (exact) mass is 273 g/mol. The topological polar surface area (TPSA) is 26.0 Å². The molecule has 2 N–H and O–H groups in total. The molecule has 0 fully saturated rings. The Morgan fingerprint density at radius 2 is 2.21 bits per heavy atom. The van der Waals surface area contributed by atoms with E-state index in [-0.39, 0.29) is 0 Å². The van der Waals surface area contributed by atoms with E-state index in [1.165, 1.54) is 29.7 Å². The predicted molar refractivity (Wildman–Crippen MR) is 66.8 cm³/mol. The minimum absolute atomic E-state index is 0.797. The maximum atomic E-state index is 6.01. The Bertz CT molecular complexity index is 343. The van der Waals surface area contributed by atoms with Crippen molar-refractivity contribution in [3.63, 3.8) is 0 Å². The summed E-state index contributed by atoms with van der Waals surface area (Å²) >= 11 is 5.36. The second-order valence-electron chi connectivity index (χ2n) is 4.44. The number of anilines is 1. The molecule has 1 aliphatic carbocycles. The molecule has 0 saturated carbocycles. The summed E-state index contributed by atoms with van der Waals surface area (Å²) in [5, 5.41) is 0. The smallest absolute Gasteiger partial charge is 0.0933 e. The number of hydrogen-bond acceptors (Lipinski definition) is 2. The molecule has 0 radical (unpaired) electrons. The van der Waals surface area contributed by atoms with E-state index < -0.39 is 0 Å². The van der Waals surface area contributed by atoms with Crippen LogP contribution in [0, 0.1) is 11.8 Å². The summed E-state index contributed by atoms with van der Waals surface area (Å²) in [6.45, 7) is 4.64. The molecule has 0 aromatic carbocycles. The zero-order chi connectivity index (χ0) is 10.3. The Kier molecular flexibility index (Phi) is 2.89. The molecule has 1 aromatic heterocycles. The number of thiophene rings is 1. The lowest BCUT2D eigenvalue weighted by atomic mass is 9.81. The van der Waals surface area contributed by atoms with Gasteiger partial charge in [-0.05, 0) is 52.6 Å². The summed E-state index contributed by atoms with van der Waals surface area (Å²) in [5.74, 6) is 1.65. The highest BCUT2D eigenvalue weighted by Gasteiger charge is 2.25. The van der Waals surface area contributed by atoms with E-state index in [1.54, 1.807) is 0 Å². The molecule has 14 heavy (non-hydrogen) atoms. The van der Waals surface area contributed by atoms with Crippen molar-refractivity contribution in [3.05, 3.63) is 14.2 Å². The molecule has 78 valence electrons. The number of hydrogen-bond donors (Lipinski definition) is 1. The van der Waals surface area contributed by atoms with Crippen LogP contribution in [0.3, 0.4) is 0 Å². The maximum absolute atomic E-state index is 6.01. The highest BCUT2D eigenvalue weighted by molar-refractivity contribution is 9.11. The fourth-order valence-corrected chi connectivity index (χ4v) is 4.08. The maximum Gasteiger partial charge on any atom is 0.0933 e. The van der Waals surface area contributed by atoms with Gasteiger partial charge in [-0.3, -0.25) is 0 Å². The molecule has 0 saturated heterocycles. The van der Waals surface area contributed by atoms with Gasteiger partial charge in [-0.1, -0.05) is 13.8 Å². The Morgan fingerprint density at radius 1 is 1.50 bits per heavy atom. The van der Waals surface area contributed by atoms with Gasteiger partial charge < -0.3 is 5.73 Å². The van der Waals surface area contributed by atoms with Crippen molar-refractivity contribution in [2.45, 2.75) is 33.1 Å². The highest BCUT2D eigenvalue weighted by atomic mass is 79.9. The number of halogens is 1. The van der Waals surface area contributed by atoms with Crippen molar-refractivity contribution in [1.82, 2.24) is 0 Å². The summed E-state index contributed by atoms with van der Waals surface area (Å²) < 4.78 is 1.13. The van der Waals surface area contributed by atoms with E-state index in [1.807, 2.05) is 11.3 Å². The molecule has 1 unspecified atom stereocenters. The first-order valence-corrected chi connectivity index (χ1v) is 6.76. The average Bonchev–Trinajstić information content (AvgIpc) is 2.42. The molecule has 1 nitrogen and oxygen atoms in total. The third kappa shape index (κ3) is 1.72. The van der Waals surface area contributed by atoms with Crippen LogP contribution in [-0.4, -0.2) is 0 Å². The van der Waals surface area contributed by atoms with E-state index in [4.69, 9.17) is 5.73 Å². The zero-order valence-corrected chi connectivity index (χ0v) is 11.0. The van der Waals surface area contributed by atoms with Crippen LogP contribution in [0.25, 0.3) is 0 Å². The van der Waals surface area contributed by atoms with E-state index in [0.717, 1.165) is 21.3 Å². The first kappa shape index (κ1) is 10.5. The fraction of sp³-hybridized carbons (Fsp3) is 0.636. The molecule has 0 aliphatic heterocycles. The molecule has 1 heterocycles. The summed E-state index contributed by atoms with van der Waals surface area (Å²) in [5.41, 5.74) is 8.42. The Morgan fingerprint density at radius 3 is 2.86 bits per heavy atom. The van der Waals surface area contributed by atoms with Crippen molar-refractivity contribution in [3.8, 4) is 0 Å². The second-order valence-corrected chi connectivity index (χ2v) is 6.86. The molecule has 2 rings (SSSR count). The summed E-state index contributed by atoms with van der Waals surface area (Å²) in [4.78, 5) is 1.51. The quantitative estimate of drug-likeness (QED) is 0.827. The third-order valence-corrected chi connectivity index (χ3v) is 5.21. The van der Waals surface area contributed by atoms with Gasteiger partial charge in [0.05, 0.1) is 9.47 Å². The van der Waals surface area contributed by atoms with E-state index in [2.05, 4.69) is 29.8 Å². The number of fused-ring (bicyclic) bond motifs is 1. The highest BCUT2D eigenvalue weighted by Crippen LogP contribution is 2.42. The molecular formula is C11H16BrNS. The largest absolute Gasteiger partial charge is 0.397 e. The van der Waals surface area contributed by atoms with E-state index >= 15 is 0 Å². The SMILES string of the molecule is CC(C)C1CCc2c(sc(Br)c2N)C1. The van der Waals surface area contributed by atoms with Crippen LogP contribution in [0.15, 0.2) is 3.79 Å². The van der Waals surface area contributed by atoms with E-state index in [0.29, 0.717) is 0 Å². The molecule has 0 amide bonds. The standard InChI is InChI=1S/C11H16BrNS/c1-6(2)7-3-4-8-9(5-7)14-11(12)10(8)13/h6-7H,3-5,13H2,1-2H3. The molecule has 0 spiro atoms. The van der Waals surface area contributed by atoms with Crippen LogP contribution in [0.5, 0.6) is 0 Å². The lowest BCUT2D eigenvalue weighted by Gasteiger charge is -2.25. The third-order valence-electron chi connectivity index (χ3n) is 3.24. The van der Waals surface area contributed by atoms with Gasteiger partial charge in [0.2, 0.25) is 0 Å². The van der Waals surface area contributed by atoms with Crippen LogP contribution in [0.4, 0.5) is 5.69 Å². The van der Waals surface area contributed by atoms with Gasteiger partial charge in [-0.2, -0.15) is 0 Å². The van der Waals surface area contributed by atoms with Gasteiger partial charge in [-0.15, -0.1) is 11.3 Å². The van der Waals surface area contributed by atoms with Crippen LogP contribution < -0.4 is 5.73 Å². The molecule has 1 atom stereocenters. The van der Waals surface area contributed by atoms with Crippen LogP contribution >= 0.6 is 27.3 Å². The van der Waals surface area contributed by atoms with Crippen molar-refractivity contribution in [2.24, 2.45) is 11.8 Å². The molecule has 1 aromatic rings. The van der Waals surface area contributed by atoms with Gasteiger partial charge >= 0.3 is 0 Å². The number of rotatable bonds is 1. The normalized spacial score (nSPS) is 21.3. The summed E-state index contributed by atoms with van der Waals surface area (Å²) in [6.07, 6.45) is 3.71. The average molecular weight is 274 g/mol. The predicted octanol–water partition coefficient (Wildman–Crippen LogP) is 3.85. The van der Waals surface area contributed by atoms with Crippen molar-refractivity contribution in [1.29, 1.82) is 0 Å². The molecule has 3 heteroatoms. The number of nitrogen functional groups attached to an aromatic ring is 1. The first-order valence-electron chi connectivity index (χ1n) is 5.15. The van der Waals surface area contributed by atoms with Gasteiger partial charge in [0.25, 0.3) is 0 Å². The van der Waals surface area contributed by atoms with Crippen molar-refractivity contribution >= 4 is 33.0 Å². The Labute approximate surface area is 97.8 Å². The summed E-state index contributed by atoms with van der Waals surface area (Å²) in [7, 11) is 0. The number of nitrogens with two attached hydrogens (primary N) is 1. The fourth-order valence-electron chi connectivity index (χ4n) is 2.17. The van der Waals surface area contributed by atoms with Crippen molar-refractivity contribution in [2.75, 3.05) is 5.73 Å². The van der Waals surface area contributed by atoms with Gasteiger partial charge in [0.15, 0.2) is 0 Å². The Balaban J connectivity index is 2.27. The Hall–Kier alpha value is -0.0200. The molecular weight excluding hydrogens is 258 g/mol. The minimum Gasteiger partial charge on any atom is -0.397 e. The zero-order valence-electron chi connectivity index (χ0n) is 8.64. The molecule has 0 bridgehead atoms. The summed E-state index contributed by atoms with van der Waals surface area (Å²) in [6, 6.07) is 0. The van der Waals surface area contributed by atoms with Crippen LogP contribution in [-0.2, 0) is 12.8 Å². The van der Waals surface area contributed by atoms with Crippen molar-refractivity contribution < 1.29 is 0 Å². The van der Waals surface area contributed by atoms with Crippen LogP contribution in [0.1, 0.15) is 30.7 Å². The lowest BCUT2D eigenvalue weighted by molar-refractivity contribution is 0.346. The minimum atomic E-state index is 0.797. The van der Waals surface area contributed by atoms with Gasteiger partial charge in [0, 0.05) is 4.88 Å². The van der Waals surface area contributed by atoms with E-state index in [9.17, 15) is 0 Å². The van der Waals surface area contributed by atoms with Gasteiger partial charge in [0.1, 0.15) is 0 Å². The van der Waals surface area contributed by atoms with Gasteiger partial charge in [-0.25, -0.2) is 0 Å².